The van der Waals surface area contributed by atoms with Crippen LogP contribution in [0.2, 0.25) is 0 Å². The smallest absolute Gasteiger partial charge is 0.119 e. The minimum atomic E-state index is 0.229. The van der Waals surface area contributed by atoms with E-state index >= 15 is 0 Å². The Labute approximate surface area is 109 Å². The summed E-state index contributed by atoms with van der Waals surface area (Å²) < 4.78 is 5.63. The Bertz CT molecular complexity index is 402. The van der Waals surface area contributed by atoms with E-state index < -0.39 is 0 Å². The number of allylic oxidation sites excluding steroid dienone is 2. The fourth-order valence-electron chi connectivity index (χ4n) is 1.53. The van der Waals surface area contributed by atoms with Gasteiger partial charge in [-0.05, 0) is 36.1 Å². The first-order chi connectivity index (χ1) is 8.80. The number of rotatable bonds is 8. The number of aliphatic hydroxyl groups excluding tert-OH is 1. The second-order valence-electron chi connectivity index (χ2n) is 3.94. The first-order valence-electron chi connectivity index (χ1n) is 6.06. The van der Waals surface area contributed by atoms with E-state index in [4.69, 9.17) is 9.84 Å². The van der Waals surface area contributed by atoms with E-state index in [2.05, 4.69) is 13.2 Å². The molecule has 0 atom stereocenters. The van der Waals surface area contributed by atoms with Crippen LogP contribution < -0.4 is 4.74 Å². The minimum absolute atomic E-state index is 0.229. The average molecular weight is 244 g/mol. The highest BCUT2D eigenvalue weighted by molar-refractivity contribution is 5.29. The van der Waals surface area contributed by atoms with Crippen molar-refractivity contribution in [2.24, 2.45) is 0 Å². The lowest BCUT2D eigenvalue weighted by Gasteiger charge is -2.07. The number of aliphatic hydroxyl groups is 1. The van der Waals surface area contributed by atoms with Crippen molar-refractivity contribution in [2.75, 3.05) is 13.2 Å². The number of aryl methyl sites for hydroxylation is 1. The van der Waals surface area contributed by atoms with Crippen LogP contribution in [0.25, 0.3) is 0 Å². The van der Waals surface area contributed by atoms with E-state index in [0.717, 1.165) is 24.2 Å². The van der Waals surface area contributed by atoms with Gasteiger partial charge in [-0.2, -0.15) is 0 Å². The van der Waals surface area contributed by atoms with Gasteiger partial charge in [-0.15, -0.1) is 0 Å². The molecule has 0 amide bonds. The zero-order valence-corrected chi connectivity index (χ0v) is 10.6. The lowest BCUT2D eigenvalue weighted by molar-refractivity contribution is 0.288. The van der Waals surface area contributed by atoms with Gasteiger partial charge in [0, 0.05) is 6.61 Å². The largest absolute Gasteiger partial charge is 0.489 e. The first-order valence-corrected chi connectivity index (χ1v) is 6.06. The van der Waals surface area contributed by atoms with Gasteiger partial charge in [-0.25, -0.2) is 0 Å². The fraction of sp³-hybridized carbons (Fsp3) is 0.250. The lowest BCUT2D eigenvalue weighted by atomic mass is 10.1. The van der Waals surface area contributed by atoms with E-state index in [0.29, 0.717) is 6.61 Å². The normalized spacial score (nSPS) is 11.1. The molecule has 18 heavy (non-hydrogen) atoms. The molecule has 2 nitrogen and oxygen atoms in total. The summed E-state index contributed by atoms with van der Waals surface area (Å²) in [5.41, 5.74) is 2.20. The highest BCUT2D eigenvalue weighted by atomic mass is 16.5. The average Bonchev–Trinajstić information content (AvgIpc) is 2.42. The van der Waals surface area contributed by atoms with Crippen molar-refractivity contribution in [3.8, 4) is 5.75 Å². The van der Waals surface area contributed by atoms with Crippen LogP contribution in [0.15, 0.2) is 61.2 Å². The van der Waals surface area contributed by atoms with Gasteiger partial charge in [0.15, 0.2) is 0 Å². The predicted octanol–water partition coefficient (Wildman–Crippen LogP) is 3.29. The van der Waals surface area contributed by atoms with Crippen LogP contribution in [-0.4, -0.2) is 18.3 Å². The highest BCUT2D eigenvalue weighted by Gasteiger charge is 1.97. The quantitative estimate of drug-likeness (QED) is 0.711. The van der Waals surface area contributed by atoms with Crippen LogP contribution in [0.1, 0.15) is 12.0 Å². The Morgan fingerprint density at radius 2 is 1.94 bits per heavy atom. The second-order valence-corrected chi connectivity index (χ2v) is 3.94. The minimum Gasteiger partial charge on any atom is -0.489 e. The SMILES string of the molecule is C=C/C=C(\C=C)COc1ccc(CCCO)cc1. The number of benzene rings is 1. The first kappa shape index (κ1) is 14.3. The van der Waals surface area contributed by atoms with Gasteiger partial charge in [-0.1, -0.05) is 43.5 Å². The molecule has 0 saturated carbocycles. The van der Waals surface area contributed by atoms with E-state index in [1.807, 2.05) is 30.3 Å². The molecule has 2 heteroatoms. The van der Waals surface area contributed by atoms with Crippen LogP contribution in [0.4, 0.5) is 0 Å². The molecule has 1 N–H and O–H groups in total. The molecule has 96 valence electrons. The molecule has 0 aromatic heterocycles. The summed E-state index contributed by atoms with van der Waals surface area (Å²) in [5.74, 6) is 0.833. The maximum absolute atomic E-state index is 8.76. The number of hydrogen-bond acceptors (Lipinski definition) is 2. The van der Waals surface area contributed by atoms with Crippen molar-refractivity contribution in [1.82, 2.24) is 0 Å². The Kier molecular flexibility index (Phi) is 6.59. The molecule has 0 bridgehead atoms. The van der Waals surface area contributed by atoms with Gasteiger partial charge >= 0.3 is 0 Å². The predicted molar refractivity (Wildman–Crippen MR) is 75.8 cm³/mol. The van der Waals surface area contributed by atoms with Gasteiger partial charge in [0.2, 0.25) is 0 Å². The Balaban J connectivity index is 2.50. The van der Waals surface area contributed by atoms with Crippen LogP contribution in [0.5, 0.6) is 5.75 Å². The van der Waals surface area contributed by atoms with Gasteiger partial charge in [0.05, 0.1) is 0 Å². The van der Waals surface area contributed by atoms with Crippen molar-refractivity contribution < 1.29 is 9.84 Å². The summed E-state index contributed by atoms with van der Waals surface area (Å²) in [6, 6.07) is 7.94. The van der Waals surface area contributed by atoms with Gasteiger partial charge in [0.1, 0.15) is 12.4 Å². The van der Waals surface area contributed by atoms with Crippen LogP contribution in [0.3, 0.4) is 0 Å². The molecule has 0 spiro atoms. The molecule has 0 aliphatic carbocycles. The van der Waals surface area contributed by atoms with Gasteiger partial charge in [-0.3, -0.25) is 0 Å². The maximum Gasteiger partial charge on any atom is 0.119 e. The molecule has 0 aliphatic heterocycles. The van der Waals surface area contributed by atoms with E-state index in [9.17, 15) is 0 Å². The molecule has 0 fully saturated rings. The summed E-state index contributed by atoms with van der Waals surface area (Å²) in [7, 11) is 0. The topological polar surface area (TPSA) is 29.5 Å². The van der Waals surface area contributed by atoms with Crippen molar-refractivity contribution in [1.29, 1.82) is 0 Å². The zero-order chi connectivity index (χ0) is 13.2. The summed E-state index contributed by atoms with van der Waals surface area (Å²) in [4.78, 5) is 0. The number of hydrogen-bond donors (Lipinski definition) is 1. The van der Waals surface area contributed by atoms with Gasteiger partial charge < -0.3 is 9.84 Å². The molecule has 0 aliphatic rings. The van der Waals surface area contributed by atoms with Crippen molar-refractivity contribution >= 4 is 0 Å². The highest BCUT2D eigenvalue weighted by Crippen LogP contribution is 2.14. The van der Waals surface area contributed by atoms with Crippen LogP contribution >= 0.6 is 0 Å². The summed E-state index contributed by atoms with van der Waals surface area (Å²) in [6.45, 7) is 8.08. The summed E-state index contributed by atoms with van der Waals surface area (Å²) in [6.07, 6.45) is 7.05. The van der Waals surface area contributed by atoms with Gasteiger partial charge in [0.25, 0.3) is 0 Å². The Morgan fingerprint density at radius 1 is 1.22 bits per heavy atom. The molecular weight excluding hydrogens is 224 g/mol. The molecule has 1 aromatic carbocycles. The third-order valence-electron chi connectivity index (χ3n) is 2.55. The van der Waals surface area contributed by atoms with Crippen LogP contribution in [-0.2, 0) is 6.42 Å². The van der Waals surface area contributed by atoms with Crippen LogP contribution in [0, 0.1) is 0 Å². The third kappa shape index (κ3) is 5.02. The standard InChI is InChI=1S/C16H20O2/c1-3-6-14(4-2)13-18-16-10-8-15(9-11-16)7-5-12-17/h3-4,6,8-11,17H,1-2,5,7,12-13H2/b14-6+. The molecule has 1 aromatic rings. The van der Waals surface area contributed by atoms with Crippen molar-refractivity contribution in [3.63, 3.8) is 0 Å². The van der Waals surface area contributed by atoms with E-state index in [1.165, 1.54) is 5.56 Å². The third-order valence-corrected chi connectivity index (χ3v) is 2.55. The molecule has 0 unspecified atom stereocenters. The Morgan fingerprint density at radius 3 is 2.50 bits per heavy atom. The zero-order valence-electron chi connectivity index (χ0n) is 10.6. The van der Waals surface area contributed by atoms with E-state index in [1.54, 1.807) is 12.2 Å². The summed E-state index contributed by atoms with van der Waals surface area (Å²) in [5, 5.41) is 8.76. The second kappa shape index (κ2) is 8.31. The number of ether oxygens (including phenoxy) is 1. The summed E-state index contributed by atoms with van der Waals surface area (Å²) >= 11 is 0. The molecule has 1 rings (SSSR count). The molecule has 0 saturated heterocycles. The van der Waals surface area contributed by atoms with Crippen molar-refractivity contribution in [3.05, 3.63) is 66.8 Å². The fourth-order valence-corrected chi connectivity index (χ4v) is 1.53. The molecule has 0 radical (unpaired) electrons. The molecular formula is C16H20O2. The van der Waals surface area contributed by atoms with E-state index in [-0.39, 0.29) is 6.61 Å². The molecule has 0 heterocycles. The van der Waals surface area contributed by atoms with Crippen molar-refractivity contribution in [2.45, 2.75) is 12.8 Å². The lowest BCUT2D eigenvalue weighted by Crippen LogP contribution is -1.99. The Hall–Kier alpha value is -1.80. The monoisotopic (exact) mass is 244 g/mol. The maximum atomic E-state index is 8.76.